The van der Waals surface area contributed by atoms with E-state index in [1.807, 2.05) is 0 Å². The molecule has 2 unspecified atom stereocenters. The van der Waals surface area contributed by atoms with Gasteiger partial charge in [-0.05, 0) is 27.3 Å². The third-order valence-electron chi connectivity index (χ3n) is 3.70. The maximum absolute atomic E-state index is 2.64. The van der Waals surface area contributed by atoms with E-state index in [1.54, 1.807) is 0 Å². The van der Waals surface area contributed by atoms with Crippen molar-refractivity contribution in [1.82, 2.24) is 9.80 Å². The van der Waals surface area contributed by atoms with E-state index in [0.29, 0.717) is 5.54 Å². The monoisotopic (exact) mass is 182 g/mol. The summed E-state index contributed by atoms with van der Waals surface area (Å²) in [6.45, 7) is 14.5. The van der Waals surface area contributed by atoms with Crippen molar-refractivity contribution in [2.75, 3.05) is 26.2 Å². The van der Waals surface area contributed by atoms with Gasteiger partial charge in [-0.3, -0.25) is 9.80 Å². The van der Waals surface area contributed by atoms with Gasteiger partial charge in [-0.1, -0.05) is 6.92 Å². The zero-order chi connectivity index (χ0) is 9.64. The largest absolute Gasteiger partial charge is 0.299 e. The SMILES string of the molecule is CCN1CC2CN(C(C)(C)C)CC21. The fourth-order valence-corrected chi connectivity index (χ4v) is 2.66. The number of likely N-dealkylation sites (tertiary alicyclic amines) is 2. The van der Waals surface area contributed by atoms with Crippen LogP contribution in [-0.2, 0) is 0 Å². The van der Waals surface area contributed by atoms with Crippen LogP contribution in [0, 0.1) is 5.92 Å². The van der Waals surface area contributed by atoms with Gasteiger partial charge in [-0.2, -0.15) is 0 Å². The van der Waals surface area contributed by atoms with Gasteiger partial charge in [0.15, 0.2) is 0 Å². The first kappa shape index (κ1) is 9.47. The number of rotatable bonds is 1. The second-order valence-electron chi connectivity index (χ2n) is 5.49. The lowest BCUT2D eigenvalue weighted by Gasteiger charge is -2.43. The van der Waals surface area contributed by atoms with Crippen LogP contribution in [0.2, 0.25) is 0 Å². The van der Waals surface area contributed by atoms with Crippen molar-refractivity contribution in [3.05, 3.63) is 0 Å². The number of hydrogen-bond donors (Lipinski definition) is 0. The Morgan fingerprint density at radius 2 is 1.85 bits per heavy atom. The molecule has 0 aromatic carbocycles. The highest BCUT2D eigenvalue weighted by atomic mass is 15.3. The summed E-state index contributed by atoms with van der Waals surface area (Å²) in [4.78, 5) is 5.24. The molecular weight excluding hydrogens is 160 g/mol. The third-order valence-corrected chi connectivity index (χ3v) is 3.70. The number of nitrogens with zero attached hydrogens (tertiary/aromatic N) is 2. The summed E-state index contributed by atoms with van der Waals surface area (Å²) in [7, 11) is 0. The minimum atomic E-state index is 0.372. The average Bonchev–Trinajstić information content (AvgIpc) is 2.29. The molecule has 2 heterocycles. The molecule has 0 aromatic rings. The molecule has 2 saturated heterocycles. The zero-order valence-electron chi connectivity index (χ0n) is 9.38. The summed E-state index contributed by atoms with van der Waals surface area (Å²) in [5, 5.41) is 0. The Kier molecular flexibility index (Phi) is 2.16. The smallest absolute Gasteiger partial charge is 0.0276 e. The van der Waals surface area contributed by atoms with Crippen LogP contribution < -0.4 is 0 Å². The fourth-order valence-electron chi connectivity index (χ4n) is 2.66. The lowest BCUT2D eigenvalue weighted by Crippen LogP contribution is -2.55. The molecule has 2 heteroatoms. The van der Waals surface area contributed by atoms with Gasteiger partial charge in [0, 0.05) is 37.1 Å². The Balaban J connectivity index is 1.95. The topological polar surface area (TPSA) is 6.48 Å². The molecule has 0 amide bonds. The minimum absolute atomic E-state index is 0.372. The number of fused-ring (bicyclic) bond motifs is 1. The van der Waals surface area contributed by atoms with Crippen LogP contribution in [0.15, 0.2) is 0 Å². The van der Waals surface area contributed by atoms with E-state index in [0.717, 1.165) is 12.0 Å². The molecule has 2 rings (SSSR count). The van der Waals surface area contributed by atoms with Gasteiger partial charge in [0.2, 0.25) is 0 Å². The first-order valence-corrected chi connectivity index (χ1v) is 5.51. The Morgan fingerprint density at radius 3 is 2.38 bits per heavy atom. The van der Waals surface area contributed by atoms with E-state index in [1.165, 1.54) is 26.2 Å². The lowest BCUT2D eigenvalue weighted by molar-refractivity contribution is 0.0575. The van der Waals surface area contributed by atoms with Crippen molar-refractivity contribution in [3.8, 4) is 0 Å². The first-order chi connectivity index (χ1) is 6.02. The molecule has 0 spiro atoms. The summed E-state index contributed by atoms with van der Waals surface area (Å²) in [5.41, 5.74) is 0.372. The minimum Gasteiger partial charge on any atom is -0.299 e. The molecule has 0 radical (unpaired) electrons. The molecular formula is C11H22N2. The molecule has 0 bridgehead atoms. The lowest BCUT2D eigenvalue weighted by atomic mass is 9.92. The van der Waals surface area contributed by atoms with Crippen LogP contribution >= 0.6 is 0 Å². The van der Waals surface area contributed by atoms with Crippen LogP contribution in [0.25, 0.3) is 0 Å². The molecule has 2 nitrogen and oxygen atoms in total. The predicted octanol–water partition coefficient (Wildman–Crippen LogP) is 1.42. The highest BCUT2D eigenvalue weighted by Gasteiger charge is 2.46. The molecule has 0 aromatic heterocycles. The summed E-state index contributed by atoms with van der Waals surface area (Å²) in [6, 6.07) is 0.879. The van der Waals surface area contributed by atoms with Crippen LogP contribution in [0.5, 0.6) is 0 Å². The Labute approximate surface area is 81.9 Å². The van der Waals surface area contributed by atoms with Gasteiger partial charge in [0.1, 0.15) is 0 Å². The molecule has 0 aliphatic carbocycles. The van der Waals surface area contributed by atoms with E-state index >= 15 is 0 Å². The van der Waals surface area contributed by atoms with Gasteiger partial charge in [-0.15, -0.1) is 0 Å². The predicted molar refractivity (Wildman–Crippen MR) is 55.9 cm³/mol. The highest BCUT2D eigenvalue weighted by Crippen LogP contribution is 2.35. The van der Waals surface area contributed by atoms with Gasteiger partial charge in [-0.25, -0.2) is 0 Å². The Hall–Kier alpha value is -0.0800. The molecule has 13 heavy (non-hydrogen) atoms. The first-order valence-electron chi connectivity index (χ1n) is 5.51. The van der Waals surface area contributed by atoms with Gasteiger partial charge in [0.05, 0.1) is 0 Å². The number of hydrogen-bond acceptors (Lipinski definition) is 2. The standard InChI is InChI=1S/C11H22N2/c1-5-12-6-9-7-13(8-10(9)12)11(2,3)4/h9-10H,5-8H2,1-4H3. The number of likely N-dealkylation sites (N-methyl/N-ethyl adjacent to an activating group) is 1. The summed E-state index contributed by atoms with van der Waals surface area (Å²) in [5.74, 6) is 0.971. The quantitative estimate of drug-likeness (QED) is 0.605. The zero-order valence-corrected chi connectivity index (χ0v) is 9.38. The molecule has 2 atom stereocenters. The second-order valence-corrected chi connectivity index (χ2v) is 5.49. The molecule has 2 aliphatic heterocycles. The van der Waals surface area contributed by atoms with E-state index < -0.39 is 0 Å². The molecule has 0 N–H and O–H groups in total. The van der Waals surface area contributed by atoms with Gasteiger partial charge >= 0.3 is 0 Å². The van der Waals surface area contributed by atoms with Crippen LogP contribution in [0.4, 0.5) is 0 Å². The molecule has 2 fully saturated rings. The van der Waals surface area contributed by atoms with Crippen molar-refractivity contribution in [1.29, 1.82) is 0 Å². The average molecular weight is 182 g/mol. The van der Waals surface area contributed by atoms with Crippen LogP contribution in [0.3, 0.4) is 0 Å². The molecule has 76 valence electrons. The van der Waals surface area contributed by atoms with Crippen molar-refractivity contribution >= 4 is 0 Å². The normalized spacial score (nSPS) is 36.0. The summed E-state index contributed by atoms with van der Waals surface area (Å²) >= 11 is 0. The fraction of sp³-hybridized carbons (Fsp3) is 1.00. The molecule has 2 aliphatic rings. The second kappa shape index (κ2) is 2.96. The summed E-state index contributed by atoms with van der Waals surface area (Å²) in [6.07, 6.45) is 0. The Bertz CT molecular complexity index is 195. The maximum Gasteiger partial charge on any atom is 0.0276 e. The van der Waals surface area contributed by atoms with Crippen molar-refractivity contribution in [3.63, 3.8) is 0 Å². The van der Waals surface area contributed by atoms with E-state index in [-0.39, 0.29) is 0 Å². The van der Waals surface area contributed by atoms with Crippen LogP contribution in [0.1, 0.15) is 27.7 Å². The highest BCUT2D eigenvalue weighted by molar-refractivity contribution is 5.02. The third kappa shape index (κ3) is 1.50. The maximum atomic E-state index is 2.64. The van der Waals surface area contributed by atoms with Gasteiger partial charge < -0.3 is 0 Å². The van der Waals surface area contributed by atoms with Crippen molar-refractivity contribution < 1.29 is 0 Å². The van der Waals surface area contributed by atoms with E-state index in [4.69, 9.17) is 0 Å². The van der Waals surface area contributed by atoms with Gasteiger partial charge in [0.25, 0.3) is 0 Å². The Morgan fingerprint density at radius 1 is 1.15 bits per heavy atom. The van der Waals surface area contributed by atoms with E-state index in [9.17, 15) is 0 Å². The molecule has 0 saturated carbocycles. The van der Waals surface area contributed by atoms with Crippen molar-refractivity contribution in [2.45, 2.75) is 39.3 Å². The van der Waals surface area contributed by atoms with E-state index in [2.05, 4.69) is 37.5 Å². The summed E-state index contributed by atoms with van der Waals surface area (Å²) < 4.78 is 0. The van der Waals surface area contributed by atoms with Crippen LogP contribution in [-0.4, -0.2) is 47.6 Å². The van der Waals surface area contributed by atoms with Crippen molar-refractivity contribution in [2.24, 2.45) is 5.92 Å².